The Labute approximate surface area is 123 Å². The average Bonchev–Trinajstić information content (AvgIpc) is 2.90. The van der Waals surface area contributed by atoms with Crippen LogP contribution in [0.3, 0.4) is 0 Å². The molecule has 2 rings (SSSR count). The van der Waals surface area contributed by atoms with Gasteiger partial charge in [0.1, 0.15) is 0 Å². The summed E-state index contributed by atoms with van der Waals surface area (Å²) >= 11 is 0. The van der Waals surface area contributed by atoms with Crippen molar-refractivity contribution in [2.75, 3.05) is 6.61 Å². The minimum absolute atomic E-state index is 0.179. The maximum absolute atomic E-state index is 9.87. The number of hydrogen-bond acceptors (Lipinski definition) is 2. The lowest BCUT2D eigenvalue weighted by Crippen LogP contribution is -2.31. The van der Waals surface area contributed by atoms with E-state index < -0.39 is 0 Å². The smallest absolute Gasteiger partial charge is 0.0521 e. The zero-order chi connectivity index (χ0) is 14.4. The van der Waals surface area contributed by atoms with E-state index in [1.54, 1.807) is 0 Å². The number of aromatic nitrogens is 2. The lowest BCUT2D eigenvalue weighted by atomic mass is 9.67. The van der Waals surface area contributed by atoms with Crippen LogP contribution in [0.4, 0.5) is 0 Å². The summed E-state index contributed by atoms with van der Waals surface area (Å²) in [5.74, 6) is 0.910. The Morgan fingerprint density at radius 1 is 1.40 bits per heavy atom. The normalized spacial score (nSPS) is 26.9. The van der Waals surface area contributed by atoms with Crippen LogP contribution in [0.2, 0.25) is 0 Å². The predicted molar refractivity (Wildman–Crippen MR) is 82.5 cm³/mol. The Kier molecular flexibility index (Phi) is 5.64. The summed E-state index contributed by atoms with van der Waals surface area (Å²) in [7, 11) is 1.96. The molecule has 0 amide bonds. The molecule has 0 bridgehead atoms. The van der Waals surface area contributed by atoms with Crippen LogP contribution in [-0.4, -0.2) is 21.5 Å². The van der Waals surface area contributed by atoms with Gasteiger partial charge in [0, 0.05) is 19.9 Å². The molecule has 114 valence electrons. The molecule has 0 spiro atoms. The van der Waals surface area contributed by atoms with Crippen molar-refractivity contribution in [3.63, 3.8) is 0 Å². The Morgan fingerprint density at radius 2 is 2.15 bits per heavy atom. The van der Waals surface area contributed by atoms with Gasteiger partial charge in [-0.25, -0.2) is 0 Å². The third-order valence-corrected chi connectivity index (χ3v) is 5.17. The molecule has 20 heavy (non-hydrogen) atoms. The Balaban J connectivity index is 1.82. The van der Waals surface area contributed by atoms with Gasteiger partial charge in [0.05, 0.1) is 6.20 Å². The number of unbranched alkanes of at least 4 members (excludes halogenated alkanes) is 1. The molecule has 1 aliphatic carbocycles. The van der Waals surface area contributed by atoms with Crippen molar-refractivity contribution < 1.29 is 5.11 Å². The fourth-order valence-corrected chi connectivity index (χ4v) is 3.57. The molecule has 1 saturated carbocycles. The van der Waals surface area contributed by atoms with E-state index in [4.69, 9.17) is 0 Å². The molecule has 1 aromatic rings. The monoisotopic (exact) mass is 278 g/mol. The van der Waals surface area contributed by atoms with E-state index in [1.165, 1.54) is 50.5 Å². The zero-order valence-corrected chi connectivity index (χ0v) is 13.1. The summed E-state index contributed by atoms with van der Waals surface area (Å²) in [4.78, 5) is 0. The van der Waals surface area contributed by atoms with Crippen molar-refractivity contribution in [2.45, 2.75) is 64.7 Å². The summed E-state index contributed by atoms with van der Waals surface area (Å²) in [6.07, 6.45) is 15.3. The van der Waals surface area contributed by atoms with Crippen LogP contribution in [0, 0.1) is 11.3 Å². The van der Waals surface area contributed by atoms with Crippen LogP contribution in [-0.2, 0) is 13.5 Å². The third kappa shape index (κ3) is 4.08. The summed E-state index contributed by atoms with van der Waals surface area (Å²) in [5.41, 5.74) is 1.48. The lowest BCUT2D eigenvalue weighted by Gasteiger charge is -2.39. The van der Waals surface area contributed by atoms with Crippen molar-refractivity contribution in [2.24, 2.45) is 18.4 Å². The van der Waals surface area contributed by atoms with E-state index in [2.05, 4.69) is 18.2 Å². The van der Waals surface area contributed by atoms with Crippen molar-refractivity contribution in [1.29, 1.82) is 0 Å². The fraction of sp³-hybridized carbons (Fsp3) is 0.824. The van der Waals surface area contributed by atoms with Gasteiger partial charge in [0.15, 0.2) is 0 Å². The molecule has 0 saturated heterocycles. The van der Waals surface area contributed by atoms with Crippen LogP contribution in [0.5, 0.6) is 0 Å². The van der Waals surface area contributed by atoms with Gasteiger partial charge in [-0.3, -0.25) is 4.68 Å². The average molecular weight is 278 g/mol. The highest BCUT2D eigenvalue weighted by molar-refractivity contribution is 5.04. The van der Waals surface area contributed by atoms with E-state index in [0.717, 1.165) is 18.8 Å². The van der Waals surface area contributed by atoms with Crippen molar-refractivity contribution in [3.8, 4) is 0 Å². The summed E-state index contributed by atoms with van der Waals surface area (Å²) in [6, 6.07) is 0. The summed E-state index contributed by atoms with van der Waals surface area (Å²) < 4.78 is 1.86. The van der Waals surface area contributed by atoms with Crippen LogP contribution in [0.15, 0.2) is 12.4 Å². The molecule has 1 aromatic heterocycles. The molecule has 0 aliphatic heterocycles. The molecule has 1 fully saturated rings. The summed E-state index contributed by atoms with van der Waals surface area (Å²) in [6.45, 7) is 2.63. The summed E-state index contributed by atoms with van der Waals surface area (Å²) in [5, 5.41) is 14.1. The van der Waals surface area contributed by atoms with E-state index in [1.807, 2.05) is 17.9 Å². The SMILES string of the molecule is CCCCC1CCC(CO)(CCc2cnn(C)c2)CC1. The van der Waals surface area contributed by atoms with Crippen LogP contribution < -0.4 is 0 Å². The molecule has 1 heterocycles. The van der Waals surface area contributed by atoms with Crippen LogP contribution >= 0.6 is 0 Å². The van der Waals surface area contributed by atoms with Gasteiger partial charge in [-0.15, -0.1) is 0 Å². The van der Waals surface area contributed by atoms with Crippen LogP contribution in [0.1, 0.15) is 63.9 Å². The number of aliphatic hydroxyl groups is 1. The minimum Gasteiger partial charge on any atom is -0.396 e. The van der Waals surface area contributed by atoms with Crippen LogP contribution in [0.25, 0.3) is 0 Å². The number of hydrogen-bond donors (Lipinski definition) is 1. The third-order valence-electron chi connectivity index (χ3n) is 5.17. The Bertz CT molecular complexity index is 391. The second-order valence-electron chi connectivity index (χ2n) is 6.77. The van der Waals surface area contributed by atoms with Gasteiger partial charge < -0.3 is 5.11 Å². The molecule has 0 aromatic carbocycles. The van der Waals surface area contributed by atoms with E-state index in [0.29, 0.717) is 6.61 Å². The number of aryl methyl sites for hydroxylation is 2. The molecule has 1 aliphatic rings. The molecule has 3 heteroatoms. The number of nitrogens with zero attached hydrogens (tertiary/aromatic N) is 2. The highest BCUT2D eigenvalue weighted by Crippen LogP contribution is 2.43. The molecule has 3 nitrogen and oxygen atoms in total. The molecular weight excluding hydrogens is 248 g/mol. The first-order valence-corrected chi connectivity index (χ1v) is 8.26. The maximum Gasteiger partial charge on any atom is 0.0521 e. The molecular formula is C17H30N2O. The van der Waals surface area contributed by atoms with Gasteiger partial charge in [0.25, 0.3) is 0 Å². The highest BCUT2D eigenvalue weighted by Gasteiger charge is 2.34. The van der Waals surface area contributed by atoms with Crippen molar-refractivity contribution in [1.82, 2.24) is 9.78 Å². The number of aliphatic hydroxyl groups excluding tert-OH is 1. The highest BCUT2D eigenvalue weighted by atomic mass is 16.3. The lowest BCUT2D eigenvalue weighted by molar-refractivity contribution is 0.0543. The topological polar surface area (TPSA) is 38.1 Å². The first-order chi connectivity index (χ1) is 9.67. The quantitative estimate of drug-likeness (QED) is 0.825. The first-order valence-electron chi connectivity index (χ1n) is 8.26. The van der Waals surface area contributed by atoms with Crippen molar-refractivity contribution in [3.05, 3.63) is 18.0 Å². The van der Waals surface area contributed by atoms with Gasteiger partial charge in [-0.2, -0.15) is 5.10 Å². The van der Waals surface area contributed by atoms with E-state index >= 15 is 0 Å². The maximum atomic E-state index is 9.87. The second kappa shape index (κ2) is 7.26. The standard InChI is InChI=1S/C17H30N2O/c1-3-4-5-15-6-9-17(14-20,10-7-15)11-8-16-12-18-19(2)13-16/h12-13,15,20H,3-11,14H2,1-2H3. The molecule has 0 unspecified atom stereocenters. The second-order valence-corrected chi connectivity index (χ2v) is 6.77. The van der Waals surface area contributed by atoms with E-state index in [-0.39, 0.29) is 5.41 Å². The first kappa shape index (κ1) is 15.6. The molecule has 1 N–H and O–H groups in total. The Hall–Kier alpha value is -0.830. The fourth-order valence-electron chi connectivity index (χ4n) is 3.57. The zero-order valence-electron chi connectivity index (χ0n) is 13.1. The van der Waals surface area contributed by atoms with Gasteiger partial charge in [-0.1, -0.05) is 26.2 Å². The number of rotatable bonds is 7. The Morgan fingerprint density at radius 3 is 2.70 bits per heavy atom. The van der Waals surface area contributed by atoms with Gasteiger partial charge in [-0.05, 0) is 55.4 Å². The largest absolute Gasteiger partial charge is 0.396 e. The predicted octanol–water partition coefficient (Wildman–Crippen LogP) is 3.71. The molecule has 0 atom stereocenters. The van der Waals surface area contributed by atoms with E-state index in [9.17, 15) is 5.11 Å². The molecule has 0 radical (unpaired) electrons. The van der Waals surface area contributed by atoms with Gasteiger partial charge in [0.2, 0.25) is 0 Å². The van der Waals surface area contributed by atoms with Gasteiger partial charge >= 0.3 is 0 Å². The minimum atomic E-state index is 0.179. The van der Waals surface area contributed by atoms with Crippen molar-refractivity contribution >= 4 is 0 Å².